The second-order valence-electron chi connectivity index (χ2n) is 6.65. The zero-order chi connectivity index (χ0) is 21.1. The molecule has 0 bridgehead atoms. The maximum atomic E-state index is 12.6. The van der Waals surface area contributed by atoms with Gasteiger partial charge in [-0.2, -0.15) is 5.10 Å². The molecule has 2 aromatic carbocycles. The summed E-state index contributed by atoms with van der Waals surface area (Å²) in [6, 6.07) is 14.2. The summed E-state index contributed by atoms with van der Waals surface area (Å²) in [7, 11) is 0. The Hall–Kier alpha value is -4.27. The zero-order valence-corrected chi connectivity index (χ0v) is 16.0. The van der Waals surface area contributed by atoms with Gasteiger partial charge in [0.05, 0.1) is 30.3 Å². The second-order valence-corrected chi connectivity index (χ2v) is 6.65. The van der Waals surface area contributed by atoms with Crippen molar-refractivity contribution in [2.45, 2.75) is 13.3 Å². The number of amides is 2. The van der Waals surface area contributed by atoms with E-state index in [9.17, 15) is 14.4 Å². The third-order valence-electron chi connectivity index (χ3n) is 4.42. The number of fused-ring (bicyclic) bond motifs is 1. The minimum Gasteiger partial charge on any atom is -0.326 e. The van der Waals surface area contributed by atoms with Crippen molar-refractivity contribution < 1.29 is 9.59 Å². The number of carbonyl (C=O) groups excluding carboxylic acids is 2. The summed E-state index contributed by atoms with van der Waals surface area (Å²) < 4.78 is 1.52. The van der Waals surface area contributed by atoms with E-state index in [1.807, 2.05) is 6.07 Å². The number of hydrogen-bond acceptors (Lipinski definition) is 5. The van der Waals surface area contributed by atoms with Crippen LogP contribution in [0.3, 0.4) is 0 Å². The highest BCUT2D eigenvalue weighted by Gasteiger charge is 2.14. The highest BCUT2D eigenvalue weighted by molar-refractivity contribution is 5.95. The normalized spacial score (nSPS) is 10.7. The van der Waals surface area contributed by atoms with Crippen LogP contribution in [-0.4, -0.2) is 31.6 Å². The fourth-order valence-electron chi connectivity index (χ4n) is 3.09. The van der Waals surface area contributed by atoms with Crippen LogP contribution in [0.2, 0.25) is 0 Å². The molecule has 0 fully saturated rings. The lowest BCUT2D eigenvalue weighted by Gasteiger charge is -2.12. The Morgan fingerprint density at radius 1 is 1.07 bits per heavy atom. The Kier molecular flexibility index (Phi) is 5.08. The van der Waals surface area contributed by atoms with E-state index in [1.165, 1.54) is 24.1 Å². The van der Waals surface area contributed by atoms with Crippen molar-refractivity contribution in [1.29, 1.82) is 0 Å². The number of aromatic nitrogens is 4. The number of nitrogens with zero attached hydrogens (tertiary/aromatic N) is 3. The van der Waals surface area contributed by atoms with Crippen molar-refractivity contribution in [2.75, 3.05) is 10.6 Å². The summed E-state index contributed by atoms with van der Waals surface area (Å²) in [6.45, 7) is 1.44. The van der Waals surface area contributed by atoms with E-state index in [0.717, 1.165) is 5.56 Å². The molecular formula is C21H18N6O3. The van der Waals surface area contributed by atoms with Gasteiger partial charge in [0.25, 0.3) is 5.56 Å². The van der Waals surface area contributed by atoms with Crippen LogP contribution in [0.4, 0.5) is 11.4 Å². The third-order valence-corrected chi connectivity index (χ3v) is 4.42. The first-order chi connectivity index (χ1) is 14.5. The van der Waals surface area contributed by atoms with Crippen LogP contribution in [0.15, 0.2) is 65.8 Å². The topological polar surface area (TPSA) is 122 Å². The lowest BCUT2D eigenvalue weighted by Crippen LogP contribution is -2.16. The molecule has 0 aliphatic rings. The summed E-state index contributed by atoms with van der Waals surface area (Å²) in [6.07, 6.45) is 2.91. The summed E-state index contributed by atoms with van der Waals surface area (Å²) in [4.78, 5) is 42.3. The molecule has 0 aliphatic carbocycles. The highest BCUT2D eigenvalue weighted by Crippen LogP contribution is 2.22. The van der Waals surface area contributed by atoms with Crippen molar-refractivity contribution in [3.8, 4) is 5.69 Å². The smallest absolute Gasteiger partial charge is 0.261 e. The molecule has 4 aromatic rings. The van der Waals surface area contributed by atoms with E-state index < -0.39 is 0 Å². The van der Waals surface area contributed by atoms with Crippen LogP contribution in [0.5, 0.6) is 0 Å². The molecule has 2 aromatic heterocycles. The number of carbonyl (C=O) groups is 2. The lowest BCUT2D eigenvalue weighted by molar-refractivity contribution is -0.116. The number of para-hydroxylation sites is 2. The van der Waals surface area contributed by atoms with Gasteiger partial charge in [-0.15, -0.1) is 0 Å². The Morgan fingerprint density at radius 3 is 2.60 bits per heavy atom. The molecule has 0 atom stereocenters. The van der Waals surface area contributed by atoms with Crippen LogP contribution in [-0.2, 0) is 16.0 Å². The van der Waals surface area contributed by atoms with Gasteiger partial charge in [0.1, 0.15) is 5.39 Å². The predicted molar refractivity (Wildman–Crippen MR) is 113 cm³/mol. The molecule has 0 unspecified atom stereocenters. The van der Waals surface area contributed by atoms with Gasteiger partial charge in [0, 0.05) is 12.6 Å². The molecule has 2 heterocycles. The summed E-state index contributed by atoms with van der Waals surface area (Å²) >= 11 is 0. The fraction of sp³-hybridized carbons (Fsp3) is 0.0952. The monoisotopic (exact) mass is 402 g/mol. The first kappa shape index (κ1) is 19.1. The van der Waals surface area contributed by atoms with Gasteiger partial charge in [-0.25, -0.2) is 9.67 Å². The predicted octanol–water partition coefficient (Wildman–Crippen LogP) is 2.25. The molecule has 4 rings (SSSR count). The lowest BCUT2D eigenvalue weighted by atomic mass is 10.1. The van der Waals surface area contributed by atoms with Crippen molar-refractivity contribution in [1.82, 2.24) is 19.7 Å². The average molecular weight is 402 g/mol. The SMILES string of the molecule is CC(=O)Nc1ccc(CC(=O)Nc2ccccc2-n2ncc3c(=O)[nH]cnc32)cc1. The molecule has 0 saturated carbocycles. The largest absolute Gasteiger partial charge is 0.326 e. The van der Waals surface area contributed by atoms with Gasteiger partial charge in [0.2, 0.25) is 11.8 Å². The van der Waals surface area contributed by atoms with Crippen LogP contribution in [0.1, 0.15) is 12.5 Å². The van der Waals surface area contributed by atoms with Crippen molar-refractivity contribution in [3.05, 3.63) is 77.0 Å². The number of hydrogen-bond donors (Lipinski definition) is 3. The summed E-state index contributed by atoms with van der Waals surface area (Å²) in [5.74, 6) is -0.364. The Bertz CT molecular complexity index is 1290. The highest BCUT2D eigenvalue weighted by atomic mass is 16.2. The number of H-pyrrole nitrogens is 1. The minimum absolute atomic E-state index is 0.153. The van der Waals surface area contributed by atoms with E-state index in [-0.39, 0.29) is 23.8 Å². The number of benzene rings is 2. The maximum absolute atomic E-state index is 12.6. The Balaban J connectivity index is 1.55. The summed E-state index contributed by atoms with van der Waals surface area (Å²) in [5, 5.41) is 10.2. The van der Waals surface area contributed by atoms with E-state index >= 15 is 0 Å². The van der Waals surface area contributed by atoms with Gasteiger partial charge >= 0.3 is 0 Å². The molecule has 30 heavy (non-hydrogen) atoms. The molecule has 150 valence electrons. The number of rotatable bonds is 5. The first-order valence-corrected chi connectivity index (χ1v) is 9.18. The molecule has 0 radical (unpaired) electrons. The van der Waals surface area contributed by atoms with E-state index in [2.05, 4.69) is 25.7 Å². The molecule has 0 saturated heterocycles. The molecule has 9 heteroatoms. The van der Waals surface area contributed by atoms with Gasteiger partial charge in [-0.3, -0.25) is 14.4 Å². The third kappa shape index (κ3) is 3.95. The summed E-state index contributed by atoms with van der Waals surface area (Å²) in [5.41, 5.74) is 2.73. The van der Waals surface area contributed by atoms with Crippen molar-refractivity contribution in [2.24, 2.45) is 0 Å². The number of nitrogens with one attached hydrogen (secondary N) is 3. The average Bonchev–Trinajstić information content (AvgIpc) is 3.15. The van der Waals surface area contributed by atoms with Crippen LogP contribution >= 0.6 is 0 Å². The molecule has 0 spiro atoms. The Labute approximate surface area is 170 Å². The zero-order valence-electron chi connectivity index (χ0n) is 16.0. The van der Waals surface area contributed by atoms with E-state index in [4.69, 9.17) is 0 Å². The van der Waals surface area contributed by atoms with Crippen LogP contribution in [0, 0.1) is 0 Å². The van der Waals surface area contributed by atoms with Crippen LogP contribution in [0.25, 0.3) is 16.7 Å². The minimum atomic E-state index is -0.282. The van der Waals surface area contributed by atoms with Gasteiger partial charge < -0.3 is 15.6 Å². The van der Waals surface area contributed by atoms with E-state index in [1.54, 1.807) is 42.5 Å². The molecule has 0 aliphatic heterocycles. The van der Waals surface area contributed by atoms with Gasteiger partial charge in [-0.05, 0) is 29.8 Å². The standard InChI is InChI=1S/C21H18N6O3/c1-13(28)25-15-8-6-14(7-9-15)10-19(29)26-17-4-2-3-5-18(17)27-20-16(11-24-27)21(30)23-12-22-20/h2-9,11-12H,10H2,1H3,(H,25,28)(H,26,29)(H,22,23,30). The molecule has 2 amide bonds. The van der Waals surface area contributed by atoms with Gasteiger partial charge in [0.15, 0.2) is 5.65 Å². The van der Waals surface area contributed by atoms with E-state index in [0.29, 0.717) is 28.1 Å². The number of anilines is 2. The number of aromatic amines is 1. The van der Waals surface area contributed by atoms with Crippen LogP contribution < -0.4 is 16.2 Å². The maximum Gasteiger partial charge on any atom is 0.261 e. The second kappa shape index (κ2) is 8.00. The van der Waals surface area contributed by atoms with Crippen molar-refractivity contribution in [3.63, 3.8) is 0 Å². The fourth-order valence-corrected chi connectivity index (χ4v) is 3.09. The quantitative estimate of drug-likeness (QED) is 0.473. The molecular weight excluding hydrogens is 384 g/mol. The first-order valence-electron chi connectivity index (χ1n) is 9.18. The molecule has 3 N–H and O–H groups in total. The Morgan fingerprint density at radius 2 is 1.83 bits per heavy atom. The van der Waals surface area contributed by atoms with Gasteiger partial charge in [-0.1, -0.05) is 24.3 Å². The molecule has 9 nitrogen and oxygen atoms in total. The van der Waals surface area contributed by atoms with Crippen molar-refractivity contribution >= 4 is 34.2 Å².